The van der Waals surface area contributed by atoms with Gasteiger partial charge in [0.25, 0.3) is 0 Å². The summed E-state index contributed by atoms with van der Waals surface area (Å²) in [6, 6.07) is 9.43. The summed E-state index contributed by atoms with van der Waals surface area (Å²) in [5.74, 6) is -0.123. The molecule has 1 aromatic carbocycles. The van der Waals surface area contributed by atoms with Crippen LogP contribution in [0.25, 0.3) is 0 Å². The smallest absolute Gasteiger partial charge is 0.410 e. The number of carbonyl (C=O) groups excluding carboxylic acids is 2. The third kappa shape index (κ3) is 5.45. The molecule has 0 fully saturated rings. The highest BCUT2D eigenvalue weighted by Gasteiger charge is 2.24. The number of amides is 2. The fraction of sp³-hybridized carbons (Fsp3) is 0.500. The summed E-state index contributed by atoms with van der Waals surface area (Å²) in [6.45, 7) is 6.03. The van der Waals surface area contributed by atoms with E-state index in [0.717, 1.165) is 5.56 Å². The van der Waals surface area contributed by atoms with Gasteiger partial charge in [0.1, 0.15) is 13.2 Å². The van der Waals surface area contributed by atoms with E-state index < -0.39 is 6.09 Å². The van der Waals surface area contributed by atoms with Gasteiger partial charge in [-0.1, -0.05) is 30.3 Å². The Bertz CT molecular complexity index is 480. The molecule has 21 heavy (non-hydrogen) atoms. The minimum absolute atomic E-state index is 0.00138. The molecule has 0 radical (unpaired) electrons. The fourth-order valence-electron chi connectivity index (χ4n) is 1.58. The quantitative estimate of drug-likeness (QED) is 0.856. The Kier molecular flexibility index (Phi) is 5.76. The summed E-state index contributed by atoms with van der Waals surface area (Å²) < 4.78 is 5.17. The topological polar surface area (TPSA) is 49.9 Å². The Labute approximate surface area is 126 Å². The van der Waals surface area contributed by atoms with Crippen LogP contribution in [0.5, 0.6) is 0 Å². The first-order chi connectivity index (χ1) is 9.71. The molecule has 0 aromatic heterocycles. The average molecular weight is 292 g/mol. The molecule has 0 heterocycles. The predicted molar refractivity (Wildman–Crippen MR) is 81.8 cm³/mol. The number of benzene rings is 1. The lowest BCUT2D eigenvalue weighted by Gasteiger charge is -2.33. The van der Waals surface area contributed by atoms with Crippen LogP contribution < -0.4 is 0 Å². The van der Waals surface area contributed by atoms with Crippen LogP contribution in [-0.2, 0) is 16.1 Å². The average Bonchev–Trinajstić information content (AvgIpc) is 2.43. The van der Waals surface area contributed by atoms with Crippen molar-refractivity contribution in [1.29, 1.82) is 0 Å². The number of hydrogen-bond donors (Lipinski definition) is 0. The van der Waals surface area contributed by atoms with Gasteiger partial charge < -0.3 is 14.5 Å². The summed E-state index contributed by atoms with van der Waals surface area (Å²) in [5.41, 5.74) is 0.642. The van der Waals surface area contributed by atoms with Crippen LogP contribution in [0.2, 0.25) is 0 Å². The van der Waals surface area contributed by atoms with Crippen molar-refractivity contribution in [3.05, 3.63) is 35.9 Å². The Hall–Kier alpha value is -2.04. The summed E-state index contributed by atoms with van der Waals surface area (Å²) in [7, 11) is 3.28. The SMILES string of the molecule is CN(CC(=O)N(C)C(C)(C)C)C(=O)OCc1ccccc1. The summed E-state index contributed by atoms with van der Waals surface area (Å²) >= 11 is 0. The summed E-state index contributed by atoms with van der Waals surface area (Å²) in [4.78, 5) is 26.8. The number of hydrogen-bond acceptors (Lipinski definition) is 3. The van der Waals surface area contributed by atoms with E-state index in [1.54, 1.807) is 19.0 Å². The standard InChI is InChI=1S/C16H24N2O3/c1-16(2,3)18(5)14(19)11-17(4)15(20)21-12-13-9-7-6-8-10-13/h6-10H,11-12H2,1-5H3. The molecular formula is C16H24N2O3. The number of likely N-dealkylation sites (N-methyl/N-ethyl adjacent to an activating group) is 2. The zero-order valence-corrected chi connectivity index (χ0v) is 13.4. The van der Waals surface area contributed by atoms with Crippen molar-refractivity contribution in [3.63, 3.8) is 0 Å². The van der Waals surface area contributed by atoms with E-state index in [2.05, 4.69) is 0 Å². The van der Waals surface area contributed by atoms with Gasteiger partial charge in [-0.15, -0.1) is 0 Å². The molecule has 5 nitrogen and oxygen atoms in total. The molecule has 0 saturated heterocycles. The minimum atomic E-state index is -0.505. The van der Waals surface area contributed by atoms with Crippen LogP contribution in [0.3, 0.4) is 0 Å². The molecule has 1 aromatic rings. The van der Waals surface area contributed by atoms with Crippen LogP contribution >= 0.6 is 0 Å². The van der Waals surface area contributed by atoms with Gasteiger partial charge >= 0.3 is 6.09 Å². The highest BCUT2D eigenvalue weighted by molar-refractivity contribution is 5.82. The lowest BCUT2D eigenvalue weighted by atomic mass is 10.1. The van der Waals surface area contributed by atoms with Crippen LogP contribution in [0.1, 0.15) is 26.3 Å². The fourth-order valence-corrected chi connectivity index (χ4v) is 1.58. The Morgan fingerprint density at radius 2 is 1.67 bits per heavy atom. The molecule has 1 rings (SSSR count). The monoisotopic (exact) mass is 292 g/mol. The van der Waals surface area contributed by atoms with Gasteiger partial charge in [-0.3, -0.25) is 4.79 Å². The van der Waals surface area contributed by atoms with Crippen LogP contribution in [0.4, 0.5) is 4.79 Å². The molecule has 116 valence electrons. The summed E-state index contributed by atoms with van der Waals surface area (Å²) in [5, 5.41) is 0. The van der Waals surface area contributed by atoms with E-state index in [0.29, 0.717) is 0 Å². The molecule has 0 spiro atoms. The lowest BCUT2D eigenvalue weighted by Crippen LogP contribution is -2.47. The molecule has 5 heteroatoms. The molecule has 0 atom stereocenters. The van der Waals surface area contributed by atoms with E-state index in [4.69, 9.17) is 4.74 Å². The van der Waals surface area contributed by atoms with Gasteiger partial charge in [0.15, 0.2) is 0 Å². The third-order valence-corrected chi connectivity index (χ3v) is 3.27. The van der Waals surface area contributed by atoms with E-state index in [1.807, 2.05) is 51.1 Å². The first-order valence-electron chi connectivity index (χ1n) is 6.90. The van der Waals surface area contributed by atoms with Crippen molar-refractivity contribution < 1.29 is 14.3 Å². The van der Waals surface area contributed by atoms with Gasteiger partial charge in [0.2, 0.25) is 5.91 Å². The van der Waals surface area contributed by atoms with E-state index in [1.165, 1.54) is 4.90 Å². The maximum absolute atomic E-state index is 12.1. The normalized spacial score (nSPS) is 10.9. The molecule has 2 amide bonds. The van der Waals surface area contributed by atoms with Crippen molar-refractivity contribution in [2.45, 2.75) is 32.9 Å². The molecule has 0 N–H and O–H groups in total. The van der Waals surface area contributed by atoms with Crippen molar-refractivity contribution in [2.75, 3.05) is 20.6 Å². The molecule has 0 unspecified atom stereocenters. The molecule has 0 aliphatic rings. The first-order valence-corrected chi connectivity index (χ1v) is 6.90. The maximum Gasteiger partial charge on any atom is 0.410 e. The minimum Gasteiger partial charge on any atom is -0.445 e. The second-order valence-corrected chi connectivity index (χ2v) is 6.02. The Morgan fingerprint density at radius 1 is 1.10 bits per heavy atom. The third-order valence-electron chi connectivity index (χ3n) is 3.27. The van der Waals surface area contributed by atoms with Gasteiger partial charge in [0, 0.05) is 19.6 Å². The second kappa shape index (κ2) is 7.11. The maximum atomic E-state index is 12.1. The van der Waals surface area contributed by atoms with Crippen LogP contribution in [0, 0.1) is 0 Å². The highest BCUT2D eigenvalue weighted by Crippen LogP contribution is 2.11. The zero-order chi connectivity index (χ0) is 16.0. The van der Waals surface area contributed by atoms with E-state index in [9.17, 15) is 9.59 Å². The van der Waals surface area contributed by atoms with Gasteiger partial charge in [-0.25, -0.2) is 4.79 Å². The van der Waals surface area contributed by atoms with E-state index >= 15 is 0 Å². The molecule has 0 aliphatic carbocycles. The Morgan fingerprint density at radius 3 is 2.19 bits per heavy atom. The lowest BCUT2D eigenvalue weighted by molar-refractivity contribution is -0.134. The van der Waals surface area contributed by atoms with Gasteiger partial charge in [-0.2, -0.15) is 0 Å². The molecule has 0 aliphatic heterocycles. The molecule has 0 bridgehead atoms. The zero-order valence-electron chi connectivity index (χ0n) is 13.4. The second-order valence-electron chi connectivity index (χ2n) is 6.02. The summed E-state index contributed by atoms with van der Waals surface area (Å²) in [6.07, 6.45) is -0.505. The van der Waals surface area contributed by atoms with Gasteiger partial charge in [-0.05, 0) is 26.3 Å². The van der Waals surface area contributed by atoms with E-state index in [-0.39, 0.29) is 24.6 Å². The number of rotatable bonds is 4. The molecular weight excluding hydrogens is 268 g/mol. The first kappa shape index (κ1) is 17.0. The Balaban J connectivity index is 2.46. The van der Waals surface area contributed by atoms with Crippen molar-refractivity contribution in [2.24, 2.45) is 0 Å². The van der Waals surface area contributed by atoms with Crippen molar-refractivity contribution in [3.8, 4) is 0 Å². The van der Waals surface area contributed by atoms with Crippen LogP contribution in [0.15, 0.2) is 30.3 Å². The number of ether oxygens (including phenoxy) is 1. The van der Waals surface area contributed by atoms with Crippen molar-refractivity contribution in [1.82, 2.24) is 9.80 Å². The largest absolute Gasteiger partial charge is 0.445 e. The van der Waals surface area contributed by atoms with Crippen LogP contribution in [-0.4, -0.2) is 48.0 Å². The predicted octanol–water partition coefficient (Wildman–Crippen LogP) is 2.51. The van der Waals surface area contributed by atoms with Crippen molar-refractivity contribution >= 4 is 12.0 Å². The highest BCUT2D eigenvalue weighted by atomic mass is 16.6. The van der Waals surface area contributed by atoms with Gasteiger partial charge in [0.05, 0.1) is 0 Å². The number of nitrogens with zero attached hydrogens (tertiary/aromatic N) is 2. The molecule has 0 saturated carbocycles. The number of carbonyl (C=O) groups is 2.